The van der Waals surface area contributed by atoms with E-state index in [-0.39, 0.29) is 35.5 Å². The van der Waals surface area contributed by atoms with Crippen LogP contribution in [-0.2, 0) is 0 Å². The van der Waals surface area contributed by atoms with Gasteiger partial charge in [0.25, 0.3) is 11.8 Å². The molecule has 6 rings (SSSR count). The number of hydrogen-bond acceptors (Lipinski definition) is 2. The molecule has 220 valence electrons. The molecule has 0 bridgehead atoms. The zero-order valence-corrected chi connectivity index (χ0v) is 24.4. The zero-order chi connectivity index (χ0) is 31.1. The molecule has 0 unspecified atom stereocenters. The Kier molecular flexibility index (Phi) is 9.40. The molecule has 0 radical (unpaired) electrons. The van der Waals surface area contributed by atoms with Crippen molar-refractivity contribution in [2.45, 2.75) is 25.9 Å². The Morgan fingerprint density at radius 1 is 0.477 bits per heavy atom. The minimum Gasteiger partial charge on any atom is -0.346 e. The van der Waals surface area contributed by atoms with Gasteiger partial charge in [0.15, 0.2) is 0 Å². The molecule has 0 saturated heterocycles. The summed E-state index contributed by atoms with van der Waals surface area (Å²) in [6.07, 6.45) is 0. The van der Waals surface area contributed by atoms with Crippen LogP contribution in [0.1, 0.15) is 57.8 Å². The van der Waals surface area contributed by atoms with Crippen LogP contribution in [-0.4, -0.2) is 11.8 Å². The quantitative estimate of drug-likeness (QED) is 0.205. The lowest BCUT2D eigenvalue weighted by atomic mass is 10.0. The minimum atomic E-state index is -0.348. The Morgan fingerprint density at radius 3 is 1.18 bits per heavy atom. The van der Waals surface area contributed by atoms with Gasteiger partial charge in [-0.3, -0.25) is 9.59 Å². The highest BCUT2D eigenvalue weighted by Gasteiger charge is 2.13. The summed E-state index contributed by atoms with van der Waals surface area (Å²) in [6, 6.07) is 39.3. The van der Waals surface area contributed by atoms with Gasteiger partial charge < -0.3 is 10.6 Å². The molecule has 0 aliphatic rings. The van der Waals surface area contributed by atoms with Crippen LogP contribution in [0.5, 0.6) is 0 Å². The molecule has 2 amide bonds. The highest BCUT2D eigenvalue weighted by molar-refractivity contribution is 5.95. The number of benzene rings is 6. The highest BCUT2D eigenvalue weighted by Crippen LogP contribution is 2.22. The lowest BCUT2D eigenvalue weighted by Crippen LogP contribution is -2.26. The van der Waals surface area contributed by atoms with Crippen LogP contribution < -0.4 is 10.6 Å². The van der Waals surface area contributed by atoms with Crippen LogP contribution in [0.2, 0.25) is 0 Å². The van der Waals surface area contributed by atoms with Crippen molar-refractivity contribution in [3.63, 3.8) is 0 Å². The van der Waals surface area contributed by atoms with Crippen LogP contribution in [0.15, 0.2) is 133 Å². The van der Waals surface area contributed by atoms with Gasteiger partial charge in [-0.05, 0) is 107 Å². The first-order valence-corrected chi connectivity index (χ1v) is 14.4. The number of hydrogen-bond donors (Lipinski definition) is 2. The van der Waals surface area contributed by atoms with Crippen LogP contribution in [0.4, 0.5) is 8.78 Å². The van der Waals surface area contributed by atoms with Gasteiger partial charge in [0.1, 0.15) is 11.6 Å². The highest BCUT2D eigenvalue weighted by atomic mass is 19.1. The molecule has 0 spiro atoms. The third-order valence-corrected chi connectivity index (χ3v) is 7.46. The van der Waals surface area contributed by atoms with Crippen molar-refractivity contribution >= 4 is 33.4 Å². The fourth-order valence-corrected chi connectivity index (χ4v) is 4.88. The molecular formula is C38H32F2N2O2. The van der Waals surface area contributed by atoms with E-state index in [1.807, 2.05) is 74.5 Å². The van der Waals surface area contributed by atoms with E-state index in [9.17, 15) is 18.4 Å². The minimum absolute atomic E-state index is 0.123. The number of nitrogens with one attached hydrogen (secondary N) is 2. The molecule has 0 aliphatic heterocycles. The molecule has 2 N–H and O–H groups in total. The van der Waals surface area contributed by atoms with Crippen molar-refractivity contribution in [3.05, 3.63) is 167 Å². The molecule has 0 heterocycles. The van der Waals surface area contributed by atoms with E-state index in [2.05, 4.69) is 34.9 Å². The molecule has 0 fully saturated rings. The maximum absolute atomic E-state index is 12.9. The molecule has 0 saturated carbocycles. The maximum atomic E-state index is 12.9. The number of carbonyl (C=O) groups is 2. The van der Waals surface area contributed by atoms with Crippen molar-refractivity contribution in [2.75, 3.05) is 0 Å². The molecular weight excluding hydrogens is 554 g/mol. The Morgan fingerprint density at radius 2 is 0.818 bits per heavy atom. The fraction of sp³-hybridized carbons (Fsp3) is 0.105. The van der Waals surface area contributed by atoms with Crippen LogP contribution in [0.25, 0.3) is 21.5 Å². The standard InChI is InChI=1S/2C19H16FNO/c2*1-13(21-19(22)15-8-10-18(20)11-9-15)16-7-6-14-4-2-3-5-17(14)12-16/h2*2-13H,1H3,(H,21,22)/t2*13-/m11/s1. The summed E-state index contributed by atoms with van der Waals surface area (Å²) in [4.78, 5) is 24.3. The molecule has 2 atom stereocenters. The fourth-order valence-electron chi connectivity index (χ4n) is 4.88. The second-order valence-electron chi connectivity index (χ2n) is 10.6. The number of fused-ring (bicyclic) bond motifs is 2. The lowest BCUT2D eigenvalue weighted by Gasteiger charge is -2.15. The molecule has 0 aromatic heterocycles. The average molecular weight is 587 g/mol. The van der Waals surface area contributed by atoms with E-state index in [0.717, 1.165) is 21.9 Å². The zero-order valence-electron chi connectivity index (χ0n) is 24.4. The van der Waals surface area contributed by atoms with Crippen molar-refractivity contribution in [3.8, 4) is 0 Å². The van der Waals surface area contributed by atoms with Crippen LogP contribution in [0, 0.1) is 11.6 Å². The third kappa shape index (κ3) is 7.53. The third-order valence-electron chi connectivity index (χ3n) is 7.46. The normalized spacial score (nSPS) is 12.1. The van der Waals surface area contributed by atoms with E-state index in [1.54, 1.807) is 0 Å². The lowest BCUT2D eigenvalue weighted by molar-refractivity contribution is 0.0931. The molecule has 0 aliphatic carbocycles. The summed E-state index contributed by atoms with van der Waals surface area (Å²) in [7, 11) is 0. The largest absolute Gasteiger partial charge is 0.346 e. The van der Waals surface area contributed by atoms with Gasteiger partial charge in [0.05, 0.1) is 12.1 Å². The Labute approximate surface area is 255 Å². The predicted molar refractivity (Wildman–Crippen MR) is 172 cm³/mol. The first-order valence-electron chi connectivity index (χ1n) is 14.4. The van der Waals surface area contributed by atoms with Crippen molar-refractivity contribution in [1.82, 2.24) is 10.6 Å². The Hall–Kier alpha value is -5.36. The van der Waals surface area contributed by atoms with Crippen LogP contribution in [0.3, 0.4) is 0 Å². The number of halogens is 2. The summed E-state index contributed by atoms with van der Waals surface area (Å²) in [5.41, 5.74) is 2.98. The summed E-state index contributed by atoms with van der Waals surface area (Å²) in [6.45, 7) is 3.87. The Balaban J connectivity index is 0.000000175. The monoisotopic (exact) mass is 586 g/mol. The molecule has 6 aromatic carbocycles. The summed E-state index contributed by atoms with van der Waals surface area (Å²) in [5.74, 6) is -1.11. The number of amides is 2. The summed E-state index contributed by atoms with van der Waals surface area (Å²) < 4.78 is 25.8. The molecule has 4 nitrogen and oxygen atoms in total. The van der Waals surface area contributed by atoms with Crippen LogP contribution >= 0.6 is 0 Å². The first-order chi connectivity index (χ1) is 21.3. The van der Waals surface area contributed by atoms with Gasteiger partial charge in [-0.25, -0.2) is 8.78 Å². The predicted octanol–water partition coefficient (Wildman–Crippen LogP) is 8.94. The average Bonchev–Trinajstić information content (AvgIpc) is 3.05. The molecule has 6 aromatic rings. The van der Waals surface area contributed by atoms with Gasteiger partial charge in [-0.1, -0.05) is 72.8 Å². The number of carbonyl (C=O) groups excluding carboxylic acids is 2. The Bertz CT molecular complexity index is 1760. The topological polar surface area (TPSA) is 58.2 Å². The van der Waals surface area contributed by atoms with E-state index in [0.29, 0.717) is 11.1 Å². The van der Waals surface area contributed by atoms with Gasteiger partial charge >= 0.3 is 0 Å². The van der Waals surface area contributed by atoms with E-state index < -0.39 is 0 Å². The van der Waals surface area contributed by atoms with Gasteiger partial charge in [-0.15, -0.1) is 0 Å². The van der Waals surface area contributed by atoms with Crippen molar-refractivity contribution in [2.24, 2.45) is 0 Å². The van der Waals surface area contributed by atoms with E-state index in [4.69, 9.17) is 0 Å². The van der Waals surface area contributed by atoms with Gasteiger partial charge in [0.2, 0.25) is 0 Å². The van der Waals surface area contributed by atoms with E-state index >= 15 is 0 Å². The molecule has 6 heteroatoms. The van der Waals surface area contributed by atoms with Crippen molar-refractivity contribution < 1.29 is 18.4 Å². The SMILES string of the molecule is C[C@@H](NC(=O)c1ccc(F)cc1)c1ccc2ccccc2c1.C[C@@H](NC(=O)c1ccc(F)cc1)c1ccc2ccccc2c1. The van der Waals surface area contributed by atoms with Gasteiger partial charge in [0, 0.05) is 11.1 Å². The second kappa shape index (κ2) is 13.7. The summed E-state index contributed by atoms with van der Waals surface area (Å²) >= 11 is 0. The summed E-state index contributed by atoms with van der Waals surface area (Å²) in [5, 5.41) is 10.5. The van der Waals surface area contributed by atoms with E-state index in [1.165, 1.54) is 59.3 Å². The maximum Gasteiger partial charge on any atom is 0.251 e. The smallest absolute Gasteiger partial charge is 0.251 e. The molecule has 44 heavy (non-hydrogen) atoms. The van der Waals surface area contributed by atoms with Crippen molar-refractivity contribution in [1.29, 1.82) is 0 Å². The number of rotatable bonds is 6. The second-order valence-corrected chi connectivity index (χ2v) is 10.6. The van der Waals surface area contributed by atoms with Gasteiger partial charge in [-0.2, -0.15) is 0 Å². The first kappa shape index (κ1) is 30.1.